The number of ether oxygens (including phenoxy) is 1. The molecule has 1 fully saturated rings. The maximum absolute atomic E-state index is 12.9. The maximum atomic E-state index is 12.9. The summed E-state index contributed by atoms with van der Waals surface area (Å²) in [4.78, 5) is 17.1. The molecule has 1 saturated carbocycles. The molecule has 1 aliphatic carbocycles. The number of rotatable bonds is 3. The first-order chi connectivity index (χ1) is 14.2. The zero-order valence-corrected chi connectivity index (χ0v) is 15.8. The summed E-state index contributed by atoms with van der Waals surface area (Å²) < 4.78 is 5.38. The van der Waals surface area contributed by atoms with E-state index < -0.39 is 5.41 Å². The molecule has 29 heavy (non-hydrogen) atoms. The van der Waals surface area contributed by atoms with Gasteiger partial charge >= 0.3 is 0 Å². The Balaban J connectivity index is 1.40. The highest BCUT2D eigenvalue weighted by Crippen LogP contribution is 2.65. The number of nitrogens with zero attached hydrogens (tertiary/aromatic N) is 2. The summed E-state index contributed by atoms with van der Waals surface area (Å²) >= 11 is 0. The largest absolute Gasteiger partial charge is 0.497 e. The molecule has 0 saturated heterocycles. The van der Waals surface area contributed by atoms with Crippen molar-refractivity contribution in [1.82, 2.24) is 15.2 Å². The number of nitrogens with one attached hydrogen (secondary N) is 2. The monoisotopic (exact) mass is 382 g/mol. The van der Waals surface area contributed by atoms with Crippen LogP contribution in [0.15, 0.2) is 60.9 Å². The van der Waals surface area contributed by atoms with E-state index in [9.17, 15) is 4.79 Å². The highest BCUT2D eigenvalue weighted by atomic mass is 16.5. The molecular formula is C23H18N4O2. The molecule has 1 aliphatic heterocycles. The number of carbonyl (C=O) groups is 1. The first-order valence-electron chi connectivity index (χ1n) is 9.59. The Labute approximate surface area is 166 Å². The van der Waals surface area contributed by atoms with E-state index in [1.54, 1.807) is 13.3 Å². The summed E-state index contributed by atoms with van der Waals surface area (Å²) in [5.74, 6) is 0.993. The third-order valence-electron chi connectivity index (χ3n) is 6.25. The summed E-state index contributed by atoms with van der Waals surface area (Å²) in [5.41, 5.74) is 5.40. The van der Waals surface area contributed by atoms with Crippen molar-refractivity contribution >= 4 is 22.5 Å². The Morgan fingerprint density at radius 1 is 1.17 bits per heavy atom. The fraction of sp³-hybridized carbons (Fsp3) is 0.174. The van der Waals surface area contributed by atoms with Gasteiger partial charge in [0.25, 0.3) is 0 Å². The molecule has 2 aliphatic rings. The van der Waals surface area contributed by atoms with Gasteiger partial charge in [-0.15, -0.1) is 0 Å². The smallest absolute Gasteiger partial charge is 0.235 e. The Bertz CT molecular complexity index is 1280. The van der Waals surface area contributed by atoms with Crippen molar-refractivity contribution in [2.45, 2.75) is 17.8 Å². The third-order valence-corrected chi connectivity index (χ3v) is 6.25. The molecule has 1 spiro atoms. The second-order valence-electron chi connectivity index (χ2n) is 7.71. The number of H-pyrrole nitrogens is 1. The topological polar surface area (TPSA) is 79.9 Å². The van der Waals surface area contributed by atoms with Crippen molar-refractivity contribution in [3.05, 3.63) is 72.1 Å². The van der Waals surface area contributed by atoms with Crippen LogP contribution in [0, 0.1) is 0 Å². The van der Waals surface area contributed by atoms with E-state index in [0.29, 0.717) is 0 Å². The van der Waals surface area contributed by atoms with Crippen molar-refractivity contribution in [3.63, 3.8) is 0 Å². The average Bonchev–Trinajstić information content (AvgIpc) is 3.29. The molecule has 6 rings (SSSR count). The number of methoxy groups -OCH3 is 1. The van der Waals surface area contributed by atoms with Gasteiger partial charge in [0.05, 0.1) is 18.0 Å². The molecule has 0 bridgehead atoms. The van der Waals surface area contributed by atoms with E-state index in [4.69, 9.17) is 4.74 Å². The number of pyridine rings is 1. The van der Waals surface area contributed by atoms with Crippen molar-refractivity contribution in [2.75, 3.05) is 12.4 Å². The lowest BCUT2D eigenvalue weighted by Gasteiger charge is -2.10. The van der Waals surface area contributed by atoms with Crippen LogP contribution in [0.3, 0.4) is 0 Å². The van der Waals surface area contributed by atoms with Crippen LogP contribution < -0.4 is 10.1 Å². The minimum absolute atomic E-state index is 0.0755. The normalized spacial score (nSPS) is 22.0. The average molecular weight is 382 g/mol. The minimum Gasteiger partial charge on any atom is -0.497 e. The fourth-order valence-corrected chi connectivity index (χ4v) is 4.68. The molecule has 0 radical (unpaired) electrons. The molecule has 2 N–H and O–H groups in total. The summed E-state index contributed by atoms with van der Waals surface area (Å²) in [6.45, 7) is 0. The SMILES string of the molecule is COc1ccc2c(c1)C1(CC1c1ccc3c(-c4cccnc4)n[nH]c3c1)C(=O)N2. The van der Waals surface area contributed by atoms with Gasteiger partial charge in [-0.2, -0.15) is 5.10 Å². The lowest BCUT2D eigenvalue weighted by Crippen LogP contribution is -2.21. The van der Waals surface area contributed by atoms with Crippen LogP contribution in [0.1, 0.15) is 23.5 Å². The highest BCUT2D eigenvalue weighted by Gasteiger charge is 2.65. The van der Waals surface area contributed by atoms with Crippen molar-refractivity contribution in [3.8, 4) is 17.0 Å². The van der Waals surface area contributed by atoms with E-state index in [0.717, 1.165) is 51.1 Å². The van der Waals surface area contributed by atoms with Gasteiger partial charge in [-0.3, -0.25) is 14.9 Å². The molecule has 6 heteroatoms. The van der Waals surface area contributed by atoms with Crippen molar-refractivity contribution in [1.29, 1.82) is 0 Å². The number of carbonyl (C=O) groups excluding carboxylic acids is 1. The summed E-state index contributed by atoms with van der Waals surface area (Å²) in [6.07, 6.45) is 4.36. The number of fused-ring (bicyclic) bond motifs is 3. The lowest BCUT2D eigenvalue weighted by molar-refractivity contribution is -0.118. The van der Waals surface area contributed by atoms with E-state index in [2.05, 4.69) is 38.7 Å². The number of benzene rings is 2. The summed E-state index contributed by atoms with van der Waals surface area (Å²) in [7, 11) is 1.65. The van der Waals surface area contributed by atoms with E-state index in [1.807, 2.05) is 36.5 Å². The number of aromatic nitrogens is 3. The Morgan fingerprint density at radius 2 is 2.10 bits per heavy atom. The Hall–Kier alpha value is -3.67. The number of amides is 1. The van der Waals surface area contributed by atoms with E-state index in [-0.39, 0.29) is 11.8 Å². The summed E-state index contributed by atoms with van der Waals surface area (Å²) in [6, 6.07) is 16.0. The van der Waals surface area contributed by atoms with Crippen LogP contribution in [-0.2, 0) is 10.2 Å². The van der Waals surface area contributed by atoms with Gasteiger partial charge in [-0.25, -0.2) is 0 Å². The molecule has 2 atom stereocenters. The van der Waals surface area contributed by atoms with Gasteiger partial charge in [-0.05, 0) is 53.9 Å². The number of hydrogen-bond acceptors (Lipinski definition) is 4. The van der Waals surface area contributed by atoms with Crippen LogP contribution in [0.5, 0.6) is 5.75 Å². The molecule has 1 amide bonds. The molecule has 142 valence electrons. The second kappa shape index (κ2) is 5.67. The van der Waals surface area contributed by atoms with Crippen molar-refractivity contribution < 1.29 is 9.53 Å². The fourth-order valence-electron chi connectivity index (χ4n) is 4.68. The van der Waals surface area contributed by atoms with E-state index in [1.165, 1.54) is 0 Å². The Morgan fingerprint density at radius 3 is 2.93 bits per heavy atom. The summed E-state index contributed by atoms with van der Waals surface area (Å²) in [5, 5.41) is 11.7. The van der Waals surface area contributed by atoms with Crippen LogP contribution in [0.4, 0.5) is 5.69 Å². The molecule has 2 unspecified atom stereocenters. The standard InChI is InChI=1S/C23H18N4O2/c1-29-15-5-7-19-17(10-15)23(22(28)25-19)11-18(23)13-4-6-16-20(9-13)26-27-21(16)14-3-2-8-24-12-14/h2-10,12,18H,11H2,1H3,(H,25,28)(H,26,27). The zero-order valence-electron chi connectivity index (χ0n) is 15.8. The number of anilines is 1. The number of hydrogen-bond donors (Lipinski definition) is 2. The van der Waals surface area contributed by atoms with Gasteiger partial charge in [0, 0.05) is 34.9 Å². The predicted octanol–water partition coefficient (Wildman–Crippen LogP) is 4.01. The van der Waals surface area contributed by atoms with Gasteiger partial charge in [-0.1, -0.05) is 12.1 Å². The molecule has 4 aromatic rings. The number of aromatic amines is 1. The molecule has 6 nitrogen and oxygen atoms in total. The highest BCUT2D eigenvalue weighted by molar-refractivity contribution is 6.10. The van der Waals surface area contributed by atoms with Gasteiger partial charge in [0.15, 0.2) is 0 Å². The van der Waals surface area contributed by atoms with Crippen LogP contribution in [0.25, 0.3) is 22.2 Å². The van der Waals surface area contributed by atoms with Gasteiger partial charge in [0.1, 0.15) is 11.4 Å². The van der Waals surface area contributed by atoms with Gasteiger partial charge < -0.3 is 10.1 Å². The molecule has 2 aromatic carbocycles. The second-order valence-corrected chi connectivity index (χ2v) is 7.71. The minimum atomic E-state index is -0.496. The molecule has 2 aromatic heterocycles. The Kier molecular flexibility index (Phi) is 3.19. The molecular weight excluding hydrogens is 364 g/mol. The van der Waals surface area contributed by atoms with Gasteiger partial charge in [0.2, 0.25) is 5.91 Å². The van der Waals surface area contributed by atoms with Crippen LogP contribution in [0.2, 0.25) is 0 Å². The third kappa shape index (κ3) is 2.20. The van der Waals surface area contributed by atoms with E-state index >= 15 is 0 Å². The zero-order chi connectivity index (χ0) is 19.6. The predicted molar refractivity (Wildman–Crippen MR) is 110 cm³/mol. The first-order valence-corrected chi connectivity index (χ1v) is 9.59. The lowest BCUT2D eigenvalue weighted by atomic mass is 9.91. The van der Waals surface area contributed by atoms with Crippen LogP contribution >= 0.6 is 0 Å². The molecule has 3 heterocycles. The quantitative estimate of drug-likeness (QED) is 0.561. The van der Waals surface area contributed by atoms with Crippen LogP contribution in [-0.4, -0.2) is 28.2 Å². The van der Waals surface area contributed by atoms with Crippen molar-refractivity contribution in [2.24, 2.45) is 0 Å². The maximum Gasteiger partial charge on any atom is 0.235 e. The first kappa shape index (κ1) is 16.3.